The average molecular weight is 275 g/mol. The Labute approximate surface area is 118 Å². The Kier molecular flexibility index (Phi) is 4.68. The minimum Gasteiger partial charge on any atom is -0.475 e. The highest BCUT2D eigenvalue weighted by Crippen LogP contribution is 2.24. The van der Waals surface area contributed by atoms with Gasteiger partial charge in [0, 0.05) is 17.0 Å². The Morgan fingerprint density at radius 3 is 2.32 bits per heavy atom. The van der Waals surface area contributed by atoms with E-state index in [9.17, 15) is 0 Å². The smallest absolute Gasteiger partial charge is 0.222 e. The maximum atomic E-state index is 5.70. The number of rotatable bonds is 5. The number of benzene rings is 1. The van der Waals surface area contributed by atoms with Gasteiger partial charge in [-0.3, -0.25) is 0 Å². The third-order valence-corrected chi connectivity index (χ3v) is 3.08. The molecule has 0 radical (unpaired) electrons. The molecule has 0 saturated heterocycles. The van der Waals surface area contributed by atoms with E-state index in [1.54, 1.807) is 11.8 Å². The minimum absolute atomic E-state index is 0.101. The van der Waals surface area contributed by atoms with E-state index in [-0.39, 0.29) is 6.10 Å². The van der Waals surface area contributed by atoms with Gasteiger partial charge < -0.3 is 9.47 Å². The summed E-state index contributed by atoms with van der Waals surface area (Å²) >= 11 is 1.70. The van der Waals surface area contributed by atoms with E-state index in [2.05, 4.69) is 4.98 Å². The van der Waals surface area contributed by atoms with Crippen molar-refractivity contribution in [3.63, 3.8) is 0 Å². The molecule has 1 aromatic carbocycles. The lowest BCUT2D eigenvalue weighted by atomic mass is 10.3. The quantitative estimate of drug-likeness (QED) is 0.758. The zero-order valence-electron chi connectivity index (χ0n) is 11.3. The zero-order chi connectivity index (χ0) is 13.7. The highest BCUT2D eigenvalue weighted by Gasteiger charge is 2.03. The zero-order valence-corrected chi connectivity index (χ0v) is 12.1. The number of ether oxygens (including phenoxy) is 2. The Balaban J connectivity index is 2.09. The first-order chi connectivity index (χ1) is 9.17. The SMILES string of the molecule is CSc1ccc(Oc2cccc(OC(C)C)n2)cc1. The van der Waals surface area contributed by atoms with Crippen LogP contribution in [-0.4, -0.2) is 17.3 Å². The van der Waals surface area contributed by atoms with Crippen molar-refractivity contribution in [2.24, 2.45) is 0 Å². The van der Waals surface area contributed by atoms with Crippen LogP contribution in [0.4, 0.5) is 0 Å². The molecule has 0 fully saturated rings. The second-order valence-corrected chi connectivity index (χ2v) is 5.14. The molecule has 0 aliphatic heterocycles. The normalized spacial score (nSPS) is 10.5. The summed E-state index contributed by atoms with van der Waals surface area (Å²) in [5.41, 5.74) is 0. The van der Waals surface area contributed by atoms with Crippen LogP contribution < -0.4 is 9.47 Å². The van der Waals surface area contributed by atoms with Crippen molar-refractivity contribution < 1.29 is 9.47 Å². The van der Waals surface area contributed by atoms with Crippen molar-refractivity contribution in [2.75, 3.05) is 6.26 Å². The maximum absolute atomic E-state index is 5.70. The summed E-state index contributed by atoms with van der Waals surface area (Å²) in [4.78, 5) is 5.51. The van der Waals surface area contributed by atoms with Crippen molar-refractivity contribution in [2.45, 2.75) is 24.8 Å². The summed E-state index contributed by atoms with van der Waals surface area (Å²) < 4.78 is 11.2. The van der Waals surface area contributed by atoms with Gasteiger partial charge in [0.1, 0.15) is 5.75 Å². The lowest BCUT2D eigenvalue weighted by Gasteiger charge is -2.10. The largest absolute Gasteiger partial charge is 0.475 e. The number of hydrogen-bond donors (Lipinski definition) is 0. The minimum atomic E-state index is 0.101. The van der Waals surface area contributed by atoms with Crippen molar-refractivity contribution in [3.05, 3.63) is 42.5 Å². The predicted octanol–water partition coefficient (Wildman–Crippen LogP) is 4.38. The molecule has 0 unspecified atom stereocenters. The maximum Gasteiger partial charge on any atom is 0.222 e. The topological polar surface area (TPSA) is 31.4 Å². The molecular formula is C15H17NO2S. The van der Waals surface area contributed by atoms with Crippen LogP contribution in [0.25, 0.3) is 0 Å². The average Bonchev–Trinajstić information content (AvgIpc) is 2.39. The molecule has 0 N–H and O–H groups in total. The Bertz CT molecular complexity index is 526. The fourth-order valence-corrected chi connectivity index (χ4v) is 1.93. The van der Waals surface area contributed by atoms with Gasteiger partial charge in [0.25, 0.3) is 0 Å². The first-order valence-electron chi connectivity index (χ1n) is 6.13. The van der Waals surface area contributed by atoms with Crippen LogP contribution in [-0.2, 0) is 0 Å². The van der Waals surface area contributed by atoms with Gasteiger partial charge >= 0.3 is 0 Å². The van der Waals surface area contributed by atoms with Gasteiger partial charge in [0.05, 0.1) is 6.10 Å². The van der Waals surface area contributed by atoms with Gasteiger partial charge in [-0.2, -0.15) is 4.98 Å². The van der Waals surface area contributed by atoms with E-state index in [0.717, 1.165) is 5.75 Å². The molecule has 0 aliphatic rings. The lowest BCUT2D eigenvalue weighted by Crippen LogP contribution is -2.06. The fourth-order valence-electron chi connectivity index (χ4n) is 1.52. The molecule has 0 spiro atoms. The Hall–Kier alpha value is -1.68. The summed E-state index contributed by atoms with van der Waals surface area (Å²) in [5.74, 6) is 1.88. The van der Waals surface area contributed by atoms with E-state index < -0.39 is 0 Å². The highest BCUT2D eigenvalue weighted by molar-refractivity contribution is 7.98. The van der Waals surface area contributed by atoms with Crippen molar-refractivity contribution >= 4 is 11.8 Å². The molecule has 3 nitrogen and oxygen atoms in total. The van der Waals surface area contributed by atoms with Crippen LogP contribution in [0.1, 0.15) is 13.8 Å². The predicted molar refractivity (Wildman–Crippen MR) is 78.3 cm³/mol. The lowest BCUT2D eigenvalue weighted by molar-refractivity contribution is 0.230. The summed E-state index contributed by atoms with van der Waals surface area (Å²) in [7, 11) is 0. The van der Waals surface area contributed by atoms with E-state index in [1.165, 1.54) is 4.90 Å². The van der Waals surface area contributed by atoms with Gasteiger partial charge in [0.15, 0.2) is 0 Å². The number of nitrogens with zero attached hydrogens (tertiary/aromatic N) is 1. The van der Waals surface area contributed by atoms with Crippen LogP contribution in [0.5, 0.6) is 17.5 Å². The number of hydrogen-bond acceptors (Lipinski definition) is 4. The first-order valence-corrected chi connectivity index (χ1v) is 7.35. The van der Waals surface area contributed by atoms with Crippen molar-refractivity contribution in [1.82, 2.24) is 4.98 Å². The summed E-state index contributed by atoms with van der Waals surface area (Å²) in [5, 5.41) is 0. The molecule has 4 heteroatoms. The molecule has 100 valence electrons. The molecule has 1 heterocycles. The molecular weight excluding hydrogens is 258 g/mol. The van der Waals surface area contributed by atoms with Crippen LogP contribution in [0, 0.1) is 0 Å². The third-order valence-electron chi connectivity index (χ3n) is 2.34. The van der Waals surface area contributed by atoms with E-state index in [4.69, 9.17) is 9.47 Å². The molecule has 1 aromatic heterocycles. The number of thioether (sulfide) groups is 1. The monoisotopic (exact) mass is 275 g/mol. The van der Waals surface area contributed by atoms with Crippen LogP contribution in [0.3, 0.4) is 0 Å². The van der Waals surface area contributed by atoms with Gasteiger partial charge in [-0.1, -0.05) is 6.07 Å². The van der Waals surface area contributed by atoms with Gasteiger partial charge in [0.2, 0.25) is 11.8 Å². The summed E-state index contributed by atoms with van der Waals surface area (Å²) in [6, 6.07) is 13.4. The van der Waals surface area contributed by atoms with Gasteiger partial charge in [-0.25, -0.2) is 0 Å². The van der Waals surface area contributed by atoms with E-state index in [0.29, 0.717) is 11.8 Å². The Morgan fingerprint density at radius 1 is 1.00 bits per heavy atom. The van der Waals surface area contributed by atoms with Crippen molar-refractivity contribution in [3.8, 4) is 17.5 Å². The van der Waals surface area contributed by atoms with Crippen molar-refractivity contribution in [1.29, 1.82) is 0 Å². The van der Waals surface area contributed by atoms with Gasteiger partial charge in [-0.15, -0.1) is 11.8 Å². The second-order valence-electron chi connectivity index (χ2n) is 4.26. The standard InChI is InChI=1S/C15H17NO2S/c1-11(2)17-14-5-4-6-15(16-14)18-12-7-9-13(19-3)10-8-12/h4-11H,1-3H3. The molecule has 0 aliphatic carbocycles. The van der Waals surface area contributed by atoms with Crippen LogP contribution >= 0.6 is 11.8 Å². The van der Waals surface area contributed by atoms with Crippen LogP contribution in [0.2, 0.25) is 0 Å². The fraction of sp³-hybridized carbons (Fsp3) is 0.267. The second kappa shape index (κ2) is 6.48. The van der Waals surface area contributed by atoms with Gasteiger partial charge in [-0.05, 0) is 44.4 Å². The number of aromatic nitrogens is 1. The first kappa shape index (κ1) is 13.7. The third kappa shape index (κ3) is 4.17. The van der Waals surface area contributed by atoms with Crippen LogP contribution in [0.15, 0.2) is 47.4 Å². The molecule has 19 heavy (non-hydrogen) atoms. The molecule has 0 atom stereocenters. The summed E-state index contributed by atoms with van der Waals surface area (Å²) in [6.07, 6.45) is 2.15. The molecule has 2 rings (SSSR count). The Morgan fingerprint density at radius 2 is 1.68 bits per heavy atom. The molecule has 2 aromatic rings. The molecule has 0 amide bonds. The highest BCUT2D eigenvalue weighted by atomic mass is 32.2. The number of pyridine rings is 1. The van der Waals surface area contributed by atoms with E-state index in [1.807, 2.05) is 62.6 Å². The van der Waals surface area contributed by atoms with E-state index >= 15 is 0 Å². The molecule has 0 bridgehead atoms. The molecule has 0 saturated carbocycles. The summed E-state index contributed by atoms with van der Waals surface area (Å²) in [6.45, 7) is 3.94.